The van der Waals surface area contributed by atoms with Crippen molar-refractivity contribution < 1.29 is 9.59 Å². The first-order chi connectivity index (χ1) is 19.4. The number of hydrogen-bond donors (Lipinski definition) is 1. The van der Waals surface area contributed by atoms with E-state index in [2.05, 4.69) is 47.3 Å². The lowest BCUT2D eigenvalue weighted by Gasteiger charge is -2.50. The highest BCUT2D eigenvalue weighted by atomic mass is 35.5. The van der Waals surface area contributed by atoms with Crippen molar-refractivity contribution in [3.63, 3.8) is 0 Å². The lowest BCUT2D eigenvalue weighted by molar-refractivity contribution is -0.156. The quantitative estimate of drug-likeness (QED) is 0.562. The molecule has 2 aromatic carbocycles. The van der Waals surface area contributed by atoms with Gasteiger partial charge in [-0.25, -0.2) is 0 Å². The topological polar surface area (TPSA) is 71.5 Å². The predicted molar refractivity (Wildman–Crippen MR) is 158 cm³/mol. The van der Waals surface area contributed by atoms with Gasteiger partial charge in [-0.1, -0.05) is 54.8 Å². The highest BCUT2D eigenvalue weighted by molar-refractivity contribution is 6.31. The van der Waals surface area contributed by atoms with Gasteiger partial charge in [0.15, 0.2) is 6.29 Å². The highest BCUT2D eigenvalue weighted by Crippen LogP contribution is 2.39. The number of hydrazone groups is 1. The van der Waals surface area contributed by atoms with Crippen LogP contribution in [0.25, 0.3) is 0 Å². The first-order valence-electron chi connectivity index (χ1n) is 14.6. The van der Waals surface area contributed by atoms with Crippen LogP contribution in [0.4, 0.5) is 5.69 Å². The number of carbonyl (C=O) groups excluding carboxylic acids is 2. The first-order valence-corrected chi connectivity index (χ1v) is 15.0. The van der Waals surface area contributed by atoms with E-state index in [-0.39, 0.29) is 30.1 Å². The smallest absolute Gasteiger partial charge is 0.231 e. The number of anilines is 1. The second-order valence-corrected chi connectivity index (χ2v) is 12.0. The number of fused-ring (bicyclic) bond motifs is 3. The number of aryl methyl sites for hydroxylation is 2. The molecule has 3 heterocycles. The number of amides is 2. The molecule has 9 heteroatoms. The summed E-state index contributed by atoms with van der Waals surface area (Å²) in [4.78, 5) is 35.5. The molecule has 3 aliphatic heterocycles. The number of carbonyl (C=O) groups is 2. The Morgan fingerprint density at radius 3 is 2.62 bits per heavy atom. The van der Waals surface area contributed by atoms with E-state index in [0.29, 0.717) is 24.4 Å². The Morgan fingerprint density at radius 1 is 1.05 bits per heavy atom. The summed E-state index contributed by atoms with van der Waals surface area (Å²) >= 11 is 6.47. The number of benzene rings is 2. The van der Waals surface area contributed by atoms with Crippen LogP contribution in [-0.2, 0) is 16.1 Å². The van der Waals surface area contributed by atoms with Crippen LogP contribution in [0.5, 0.6) is 0 Å². The number of piperazine rings is 1. The second kappa shape index (κ2) is 11.3. The molecule has 8 nitrogen and oxygen atoms in total. The van der Waals surface area contributed by atoms with Crippen LogP contribution >= 0.6 is 11.6 Å². The van der Waals surface area contributed by atoms with Crippen molar-refractivity contribution in [1.82, 2.24) is 20.1 Å². The minimum absolute atomic E-state index is 0.0496. The molecule has 212 valence electrons. The average molecular weight is 563 g/mol. The molecule has 1 N–H and O–H groups in total. The van der Waals surface area contributed by atoms with E-state index in [1.807, 2.05) is 34.1 Å². The Morgan fingerprint density at radius 2 is 1.82 bits per heavy atom. The van der Waals surface area contributed by atoms with E-state index in [1.54, 1.807) is 0 Å². The molecule has 1 saturated carbocycles. The molecule has 40 heavy (non-hydrogen) atoms. The van der Waals surface area contributed by atoms with Gasteiger partial charge in [0.05, 0.1) is 12.5 Å². The van der Waals surface area contributed by atoms with E-state index >= 15 is 0 Å². The highest BCUT2D eigenvalue weighted by Gasteiger charge is 2.50. The third-order valence-electron chi connectivity index (χ3n) is 9.05. The first kappa shape index (κ1) is 26.9. The second-order valence-electron chi connectivity index (χ2n) is 11.6. The Bertz CT molecular complexity index is 1310. The molecule has 0 spiro atoms. The molecular weight excluding hydrogens is 524 g/mol. The molecular formula is C31H39ClN6O2. The fraction of sp³-hybridized carbons (Fsp3) is 0.516. The molecule has 4 aliphatic rings. The SMILES string of the molecule is Cc1ccc(C)c(N2CCN(C(=O)CCC3=NNC4N(Cc5ccccc5Cl)C(=O)C5CCCCC5N34)CC2)c1. The van der Waals surface area contributed by atoms with Gasteiger partial charge in [-0.05, 0) is 55.5 Å². The van der Waals surface area contributed by atoms with Gasteiger partial charge in [0, 0.05) is 55.8 Å². The van der Waals surface area contributed by atoms with Crippen molar-refractivity contribution in [1.29, 1.82) is 0 Å². The summed E-state index contributed by atoms with van der Waals surface area (Å²) < 4.78 is 0. The number of amidine groups is 1. The number of nitrogens with zero attached hydrogens (tertiary/aromatic N) is 5. The van der Waals surface area contributed by atoms with E-state index < -0.39 is 0 Å². The minimum atomic E-state index is -0.339. The Hall–Kier alpha value is -3.26. The van der Waals surface area contributed by atoms with Gasteiger partial charge in [0.25, 0.3) is 0 Å². The third kappa shape index (κ3) is 5.14. The number of hydrogen-bond acceptors (Lipinski definition) is 6. The van der Waals surface area contributed by atoms with Crippen molar-refractivity contribution in [3.8, 4) is 0 Å². The summed E-state index contributed by atoms with van der Waals surface area (Å²) in [6, 6.07) is 14.4. The lowest BCUT2D eigenvalue weighted by Crippen LogP contribution is -2.67. The number of rotatable bonds is 6. The summed E-state index contributed by atoms with van der Waals surface area (Å²) in [5, 5.41) is 5.36. The normalized spacial score (nSPS) is 24.4. The van der Waals surface area contributed by atoms with Crippen LogP contribution in [0.3, 0.4) is 0 Å². The maximum atomic E-state index is 13.7. The van der Waals surface area contributed by atoms with Crippen molar-refractivity contribution in [2.24, 2.45) is 11.0 Å². The standard InChI is InChI=1S/C31H39ClN6O2/c1-21-11-12-22(2)27(19-21)35-15-17-36(18-16-35)29(39)14-13-28-33-34-31-37(20-23-7-3-5-9-25(23)32)30(40)24-8-4-6-10-26(24)38(28)31/h3,5,7,9,11-12,19,24,26,31,34H,4,6,8,10,13-18,20H2,1-2H3. The lowest BCUT2D eigenvalue weighted by atomic mass is 9.80. The summed E-state index contributed by atoms with van der Waals surface area (Å²) in [6.45, 7) is 7.85. The Labute approximate surface area is 241 Å². The van der Waals surface area contributed by atoms with Crippen LogP contribution < -0.4 is 10.3 Å². The van der Waals surface area contributed by atoms with Crippen molar-refractivity contribution in [2.45, 2.75) is 71.2 Å². The molecule has 1 aliphatic carbocycles. The molecule has 2 amide bonds. The fourth-order valence-electron chi connectivity index (χ4n) is 6.85. The summed E-state index contributed by atoms with van der Waals surface area (Å²) in [6.07, 6.45) is 4.69. The molecule has 0 bridgehead atoms. The van der Waals surface area contributed by atoms with Gasteiger partial charge in [-0.2, -0.15) is 5.10 Å². The van der Waals surface area contributed by atoms with Crippen molar-refractivity contribution in [2.75, 3.05) is 31.1 Å². The van der Waals surface area contributed by atoms with Gasteiger partial charge < -0.3 is 14.7 Å². The van der Waals surface area contributed by atoms with Crippen LogP contribution in [0, 0.1) is 19.8 Å². The van der Waals surface area contributed by atoms with Gasteiger partial charge in [0.2, 0.25) is 11.8 Å². The maximum Gasteiger partial charge on any atom is 0.231 e. The zero-order valence-corrected chi connectivity index (χ0v) is 24.2. The van der Waals surface area contributed by atoms with Gasteiger partial charge >= 0.3 is 0 Å². The Kier molecular flexibility index (Phi) is 7.62. The monoisotopic (exact) mass is 562 g/mol. The van der Waals surface area contributed by atoms with Crippen molar-refractivity contribution in [3.05, 3.63) is 64.2 Å². The predicted octanol–water partition coefficient (Wildman–Crippen LogP) is 4.49. The summed E-state index contributed by atoms with van der Waals surface area (Å²) in [5.41, 5.74) is 7.97. The van der Waals surface area contributed by atoms with Gasteiger partial charge in [-0.3, -0.25) is 19.9 Å². The summed E-state index contributed by atoms with van der Waals surface area (Å²) in [5.74, 6) is 1.19. The zero-order chi connectivity index (χ0) is 27.8. The molecule has 0 aromatic heterocycles. The largest absolute Gasteiger partial charge is 0.368 e. The van der Waals surface area contributed by atoms with Crippen LogP contribution in [-0.4, -0.2) is 70.9 Å². The van der Waals surface area contributed by atoms with E-state index in [4.69, 9.17) is 16.7 Å². The molecule has 2 aromatic rings. The number of nitrogens with one attached hydrogen (secondary N) is 1. The number of halogens is 1. The van der Waals surface area contributed by atoms with Crippen LogP contribution in [0.1, 0.15) is 55.2 Å². The van der Waals surface area contributed by atoms with Gasteiger partial charge in [0.1, 0.15) is 5.84 Å². The van der Waals surface area contributed by atoms with Crippen molar-refractivity contribution >= 4 is 34.9 Å². The van der Waals surface area contributed by atoms with E-state index in [1.165, 1.54) is 16.8 Å². The Balaban J connectivity index is 1.10. The molecule has 3 unspecified atom stereocenters. The molecule has 2 saturated heterocycles. The molecule has 0 radical (unpaired) electrons. The van der Waals surface area contributed by atoms with E-state index in [9.17, 15) is 9.59 Å². The summed E-state index contributed by atoms with van der Waals surface area (Å²) in [7, 11) is 0. The molecule has 3 atom stereocenters. The minimum Gasteiger partial charge on any atom is -0.368 e. The third-order valence-corrected chi connectivity index (χ3v) is 9.42. The average Bonchev–Trinajstić information content (AvgIpc) is 3.40. The molecule has 3 fully saturated rings. The molecule has 6 rings (SSSR count). The van der Waals surface area contributed by atoms with Crippen LogP contribution in [0.2, 0.25) is 5.02 Å². The fourth-order valence-corrected chi connectivity index (χ4v) is 7.04. The van der Waals surface area contributed by atoms with E-state index in [0.717, 1.165) is 63.3 Å². The van der Waals surface area contributed by atoms with Gasteiger partial charge in [-0.15, -0.1) is 0 Å². The zero-order valence-electron chi connectivity index (χ0n) is 23.5. The maximum absolute atomic E-state index is 13.7. The van der Waals surface area contributed by atoms with Crippen LogP contribution in [0.15, 0.2) is 47.6 Å².